The molecule has 3 aliphatic rings. The van der Waals surface area contributed by atoms with E-state index in [-0.39, 0.29) is 23.8 Å². The van der Waals surface area contributed by atoms with E-state index in [2.05, 4.69) is 9.97 Å². The molecule has 5 rings (SSSR count). The highest BCUT2D eigenvalue weighted by molar-refractivity contribution is 5.95. The van der Waals surface area contributed by atoms with Crippen molar-refractivity contribution in [3.8, 4) is 5.75 Å². The minimum absolute atomic E-state index is 0.00204. The predicted molar refractivity (Wildman–Crippen MR) is 94.9 cm³/mol. The highest BCUT2D eigenvalue weighted by Crippen LogP contribution is 2.36. The second-order valence-electron chi connectivity index (χ2n) is 6.70. The van der Waals surface area contributed by atoms with E-state index in [9.17, 15) is 9.18 Å². The van der Waals surface area contributed by atoms with E-state index in [1.165, 1.54) is 6.33 Å². The summed E-state index contributed by atoms with van der Waals surface area (Å²) in [6.07, 6.45) is 2.89. The number of piperidine rings is 1. The Morgan fingerprint density at radius 1 is 1.31 bits per heavy atom. The molecule has 2 unspecified atom stereocenters. The van der Waals surface area contributed by atoms with Gasteiger partial charge in [-0.1, -0.05) is 13.0 Å². The molecule has 26 heavy (non-hydrogen) atoms. The van der Waals surface area contributed by atoms with Gasteiger partial charge in [0.2, 0.25) is 0 Å². The molecule has 1 aromatic carbocycles. The third-order valence-electron chi connectivity index (χ3n) is 5.22. The number of fused-ring (bicyclic) bond motifs is 2. The smallest absolute Gasteiger partial charge is 0.254 e. The molecule has 0 aliphatic carbocycles. The van der Waals surface area contributed by atoms with E-state index < -0.39 is 0 Å². The number of benzene rings is 1. The summed E-state index contributed by atoms with van der Waals surface area (Å²) in [4.78, 5) is 24.8. The van der Waals surface area contributed by atoms with Crippen molar-refractivity contribution in [2.75, 3.05) is 25.1 Å². The standard InChI is InChI=1S/C19H21FN4O2/c1-3-16-17(20)18(22-11-21-16)23-9-13-8-14(10-23)24(13)19(25)12-5-4-6-15(7-12)26-2/h4-7,11,13-14H,3,8-10H2,1-2H3. The lowest BCUT2D eigenvalue weighted by Gasteiger charge is -2.56. The molecule has 0 N–H and O–H groups in total. The summed E-state index contributed by atoms with van der Waals surface area (Å²) in [6.45, 7) is 3.05. The van der Waals surface area contributed by atoms with E-state index >= 15 is 0 Å². The Labute approximate surface area is 151 Å². The number of aryl methyl sites for hydroxylation is 1. The largest absolute Gasteiger partial charge is 0.497 e. The van der Waals surface area contributed by atoms with E-state index in [0.717, 1.165) is 6.42 Å². The van der Waals surface area contributed by atoms with Gasteiger partial charge in [-0.15, -0.1) is 0 Å². The monoisotopic (exact) mass is 356 g/mol. The van der Waals surface area contributed by atoms with Crippen LogP contribution in [0.4, 0.5) is 10.2 Å². The molecule has 0 spiro atoms. The van der Waals surface area contributed by atoms with E-state index in [4.69, 9.17) is 4.74 Å². The van der Waals surface area contributed by atoms with Gasteiger partial charge in [0.1, 0.15) is 12.1 Å². The number of methoxy groups -OCH3 is 1. The Morgan fingerprint density at radius 3 is 2.77 bits per heavy atom. The molecule has 1 aromatic heterocycles. The number of anilines is 1. The van der Waals surface area contributed by atoms with Gasteiger partial charge in [-0.25, -0.2) is 14.4 Å². The second-order valence-corrected chi connectivity index (χ2v) is 6.70. The van der Waals surface area contributed by atoms with Crippen molar-refractivity contribution in [1.29, 1.82) is 0 Å². The number of hydrogen-bond acceptors (Lipinski definition) is 5. The minimum atomic E-state index is -0.345. The summed E-state index contributed by atoms with van der Waals surface area (Å²) in [7, 11) is 1.58. The maximum absolute atomic E-state index is 14.5. The summed E-state index contributed by atoms with van der Waals surface area (Å²) in [5.74, 6) is 0.669. The summed E-state index contributed by atoms with van der Waals surface area (Å²) >= 11 is 0. The van der Waals surface area contributed by atoms with Crippen LogP contribution in [0.5, 0.6) is 5.75 Å². The Morgan fingerprint density at radius 2 is 2.08 bits per heavy atom. The number of hydrogen-bond donors (Lipinski definition) is 0. The van der Waals surface area contributed by atoms with E-state index in [1.807, 2.05) is 28.9 Å². The SMILES string of the molecule is CCc1ncnc(N2CC3CC(C2)N3C(=O)c2cccc(OC)c2)c1F. The molecule has 2 bridgehead atoms. The van der Waals surface area contributed by atoms with Crippen LogP contribution in [-0.4, -0.2) is 53.1 Å². The zero-order chi connectivity index (χ0) is 18.3. The van der Waals surface area contributed by atoms with Crippen molar-refractivity contribution < 1.29 is 13.9 Å². The van der Waals surface area contributed by atoms with Gasteiger partial charge in [-0.2, -0.15) is 0 Å². The van der Waals surface area contributed by atoms with Crippen LogP contribution in [0.2, 0.25) is 0 Å². The van der Waals surface area contributed by atoms with E-state index in [1.54, 1.807) is 19.2 Å². The average Bonchev–Trinajstić information content (AvgIpc) is 2.68. The highest BCUT2D eigenvalue weighted by atomic mass is 19.1. The van der Waals surface area contributed by atoms with Crippen LogP contribution in [0.25, 0.3) is 0 Å². The van der Waals surface area contributed by atoms with Gasteiger partial charge in [-0.3, -0.25) is 4.79 Å². The lowest BCUT2D eigenvalue weighted by Crippen LogP contribution is -2.70. The molecule has 0 radical (unpaired) electrons. The molecule has 3 aliphatic heterocycles. The van der Waals surface area contributed by atoms with Crippen molar-refractivity contribution in [3.05, 3.63) is 47.7 Å². The van der Waals surface area contributed by atoms with Crippen molar-refractivity contribution >= 4 is 11.7 Å². The van der Waals surface area contributed by atoms with Crippen LogP contribution in [0.15, 0.2) is 30.6 Å². The molecule has 2 aromatic rings. The first-order valence-electron chi connectivity index (χ1n) is 8.83. The number of nitrogens with zero attached hydrogens (tertiary/aromatic N) is 4. The molecule has 1 amide bonds. The van der Waals surface area contributed by atoms with Gasteiger partial charge in [0.05, 0.1) is 24.9 Å². The maximum atomic E-state index is 14.5. The maximum Gasteiger partial charge on any atom is 0.254 e. The Hall–Kier alpha value is -2.70. The fourth-order valence-electron chi connectivity index (χ4n) is 3.88. The number of ether oxygens (including phenoxy) is 1. The number of halogens is 1. The fraction of sp³-hybridized carbons (Fsp3) is 0.421. The number of carbonyl (C=O) groups is 1. The molecule has 7 heteroatoms. The zero-order valence-corrected chi connectivity index (χ0v) is 14.9. The molecule has 3 fully saturated rings. The summed E-state index contributed by atoms with van der Waals surface area (Å²) in [6, 6.07) is 7.34. The predicted octanol–water partition coefficient (Wildman–Crippen LogP) is 2.29. The third-order valence-corrected chi connectivity index (χ3v) is 5.22. The molecular weight excluding hydrogens is 335 g/mol. The molecule has 136 valence electrons. The van der Waals surface area contributed by atoms with Crippen LogP contribution in [0.1, 0.15) is 29.4 Å². The van der Waals surface area contributed by atoms with Gasteiger partial charge >= 0.3 is 0 Å². The highest BCUT2D eigenvalue weighted by Gasteiger charge is 2.48. The van der Waals surface area contributed by atoms with Crippen molar-refractivity contribution in [2.45, 2.75) is 31.8 Å². The molecule has 2 atom stereocenters. The topological polar surface area (TPSA) is 58.6 Å². The van der Waals surface area contributed by atoms with Crippen LogP contribution < -0.4 is 9.64 Å². The Balaban J connectivity index is 1.51. The van der Waals surface area contributed by atoms with Crippen LogP contribution >= 0.6 is 0 Å². The number of carbonyl (C=O) groups excluding carboxylic acids is 1. The lowest BCUT2D eigenvalue weighted by atomic mass is 9.86. The quantitative estimate of drug-likeness (QED) is 0.841. The fourth-order valence-corrected chi connectivity index (χ4v) is 3.88. The molecule has 6 nitrogen and oxygen atoms in total. The van der Waals surface area contributed by atoms with Gasteiger partial charge in [0, 0.05) is 18.7 Å². The Bertz CT molecular complexity index is 832. The molecule has 0 saturated carbocycles. The number of piperazine rings is 1. The van der Waals surface area contributed by atoms with Gasteiger partial charge in [0.15, 0.2) is 11.6 Å². The second kappa shape index (κ2) is 6.55. The van der Waals surface area contributed by atoms with Crippen LogP contribution in [0, 0.1) is 5.82 Å². The number of rotatable bonds is 4. The van der Waals surface area contributed by atoms with Crippen LogP contribution in [0.3, 0.4) is 0 Å². The van der Waals surface area contributed by atoms with Crippen LogP contribution in [-0.2, 0) is 6.42 Å². The normalized spacial score (nSPS) is 21.3. The third kappa shape index (κ3) is 2.67. The van der Waals surface area contributed by atoms with Crippen molar-refractivity contribution in [1.82, 2.24) is 14.9 Å². The molecule has 4 heterocycles. The van der Waals surface area contributed by atoms with Gasteiger partial charge in [-0.05, 0) is 31.0 Å². The number of amides is 1. The zero-order valence-electron chi connectivity index (χ0n) is 14.9. The van der Waals surface area contributed by atoms with Gasteiger partial charge < -0.3 is 14.5 Å². The lowest BCUT2D eigenvalue weighted by molar-refractivity contribution is 0.00559. The van der Waals surface area contributed by atoms with E-state index in [0.29, 0.717) is 42.3 Å². The first-order chi connectivity index (χ1) is 12.6. The summed E-state index contributed by atoms with van der Waals surface area (Å²) in [5.41, 5.74) is 1.05. The van der Waals surface area contributed by atoms with Crippen molar-refractivity contribution in [2.24, 2.45) is 0 Å². The Kier molecular flexibility index (Phi) is 4.22. The average molecular weight is 356 g/mol. The summed E-state index contributed by atoms with van der Waals surface area (Å²) < 4.78 is 19.7. The molecular formula is C19H21FN4O2. The van der Waals surface area contributed by atoms with Gasteiger partial charge in [0.25, 0.3) is 5.91 Å². The first kappa shape index (κ1) is 16.8. The molecule has 3 saturated heterocycles. The first-order valence-corrected chi connectivity index (χ1v) is 8.83. The number of aromatic nitrogens is 2. The summed E-state index contributed by atoms with van der Waals surface area (Å²) in [5, 5.41) is 0. The van der Waals surface area contributed by atoms with Crippen molar-refractivity contribution in [3.63, 3.8) is 0 Å². The minimum Gasteiger partial charge on any atom is -0.497 e.